The van der Waals surface area contributed by atoms with Crippen LogP contribution in [-0.4, -0.2) is 116 Å². The van der Waals surface area contributed by atoms with Gasteiger partial charge in [-0.2, -0.15) is 13.2 Å². The number of allylic oxidation sites excluding steroid dienone is 1. The highest BCUT2D eigenvalue weighted by Gasteiger charge is 2.63. The van der Waals surface area contributed by atoms with E-state index < -0.39 is 85.9 Å². The number of alkyl carbamates (subject to hydrolysis) is 1. The Balaban J connectivity index is 1.39. The summed E-state index contributed by atoms with van der Waals surface area (Å²) in [6, 6.07) is 2.21. The lowest BCUT2D eigenvalue weighted by molar-refractivity contribution is -0.244. The number of ether oxygens (including phenoxy) is 5. The minimum atomic E-state index is -4.95. The molecule has 2 aliphatic carbocycles. The van der Waals surface area contributed by atoms with Crippen molar-refractivity contribution in [2.24, 2.45) is 17.8 Å². The standard InChI is InChI=1S/C42H56F3N5O11S/c1-8-59-32-21-46-35(29-14-13-27(58-7)18-30(29)32)60-28-19-31-34(51)48-41(37(53)49-62(55,56)40(5)15-16-40)20-26(41)12-10-9-11-24(2)17-25(23-57-6)33(36(52)50(31)22-28)47-38(54)61-39(3,4)42(43,44)45/h10,12-14,18,21,24-26,28,31,33H,8-9,11,15-17,19-20,22-23H2,1-7H3,(H,47,54)(H,48,51)(H,49,53)/b12-10-/t24-,25-,26+,28+,31-,33-,41+/m0/s1. The highest BCUT2D eigenvalue weighted by molar-refractivity contribution is 7.91. The normalized spacial score (nSPS) is 28.3. The average molecular weight is 896 g/mol. The molecular formula is C42H56F3N5O11S. The molecule has 0 unspecified atom stereocenters. The summed E-state index contributed by atoms with van der Waals surface area (Å²) in [4.78, 5) is 62.7. The number of halogens is 3. The van der Waals surface area contributed by atoms with E-state index in [2.05, 4.69) is 20.3 Å². The molecule has 16 nitrogen and oxygen atoms in total. The van der Waals surface area contributed by atoms with Gasteiger partial charge in [-0.15, -0.1) is 0 Å². The lowest BCUT2D eigenvalue weighted by Crippen LogP contribution is -2.60. The average Bonchev–Trinajstić information content (AvgIpc) is 4.08. The highest BCUT2D eigenvalue weighted by atomic mass is 32.2. The van der Waals surface area contributed by atoms with Gasteiger partial charge in [0, 0.05) is 36.1 Å². The molecule has 0 spiro atoms. The molecule has 62 heavy (non-hydrogen) atoms. The van der Waals surface area contributed by atoms with Crippen LogP contribution in [0.1, 0.15) is 79.6 Å². The number of alkyl halides is 3. The van der Waals surface area contributed by atoms with Crippen LogP contribution in [-0.2, 0) is 33.9 Å². The van der Waals surface area contributed by atoms with Gasteiger partial charge in [0.05, 0.1) is 37.8 Å². The molecule has 3 heterocycles. The molecule has 2 aliphatic heterocycles. The first-order valence-corrected chi connectivity index (χ1v) is 22.2. The van der Waals surface area contributed by atoms with E-state index in [1.54, 1.807) is 24.3 Å². The number of nitrogens with one attached hydrogen (secondary N) is 3. The summed E-state index contributed by atoms with van der Waals surface area (Å²) >= 11 is 0. The Kier molecular flexibility index (Phi) is 13.3. The van der Waals surface area contributed by atoms with Crippen molar-refractivity contribution in [1.29, 1.82) is 0 Å². The maximum atomic E-state index is 15.0. The number of pyridine rings is 1. The quantitative estimate of drug-likeness (QED) is 0.243. The lowest BCUT2D eigenvalue weighted by atomic mass is 9.87. The fraction of sp³-hybridized carbons (Fsp3) is 0.643. The smallest absolute Gasteiger partial charge is 0.427 e. The van der Waals surface area contributed by atoms with E-state index >= 15 is 4.79 Å². The van der Waals surface area contributed by atoms with Crippen LogP contribution >= 0.6 is 0 Å². The molecule has 2 aromatic rings. The summed E-state index contributed by atoms with van der Waals surface area (Å²) in [5, 5.41) is 6.32. The van der Waals surface area contributed by atoms with Crippen molar-refractivity contribution in [3.63, 3.8) is 0 Å². The Bertz CT molecular complexity index is 2180. The van der Waals surface area contributed by atoms with E-state index in [1.807, 2.05) is 19.9 Å². The van der Waals surface area contributed by atoms with Crippen LogP contribution in [0.2, 0.25) is 0 Å². The van der Waals surface area contributed by atoms with Crippen LogP contribution in [0.4, 0.5) is 18.0 Å². The lowest BCUT2D eigenvalue weighted by Gasteiger charge is -2.35. The van der Waals surface area contributed by atoms with Gasteiger partial charge in [-0.05, 0) is 90.3 Å². The van der Waals surface area contributed by atoms with E-state index in [1.165, 1.54) is 27.3 Å². The van der Waals surface area contributed by atoms with Crippen LogP contribution < -0.4 is 29.6 Å². The number of benzene rings is 1. The van der Waals surface area contributed by atoms with Crippen LogP contribution in [0.25, 0.3) is 10.8 Å². The molecule has 6 rings (SSSR count). The van der Waals surface area contributed by atoms with Crippen LogP contribution in [0, 0.1) is 17.8 Å². The number of amides is 4. The van der Waals surface area contributed by atoms with Crippen molar-refractivity contribution in [2.75, 3.05) is 34.0 Å². The molecule has 2 saturated carbocycles. The molecule has 1 saturated heterocycles. The van der Waals surface area contributed by atoms with Gasteiger partial charge >= 0.3 is 12.3 Å². The largest absolute Gasteiger partial charge is 0.497 e. The molecule has 20 heteroatoms. The number of carbonyl (C=O) groups excluding carboxylic acids is 4. The van der Waals surface area contributed by atoms with Crippen molar-refractivity contribution in [3.8, 4) is 17.4 Å². The molecular weight excluding hydrogens is 840 g/mol. The number of methoxy groups -OCH3 is 2. The summed E-state index contributed by atoms with van der Waals surface area (Å²) in [5.41, 5.74) is -4.61. The Morgan fingerprint density at radius 1 is 1.10 bits per heavy atom. The fourth-order valence-electron chi connectivity index (χ4n) is 8.06. The Hall–Kier alpha value is -4.85. The highest BCUT2D eigenvalue weighted by Crippen LogP contribution is 2.48. The van der Waals surface area contributed by atoms with Crippen LogP contribution in [0.5, 0.6) is 17.4 Å². The molecule has 1 aromatic heterocycles. The first kappa shape index (κ1) is 46.6. The van der Waals surface area contributed by atoms with E-state index in [0.717, 1.165) is 4.90 Å². The number of hydrogen-bond donors (Lipinski definition) is 3. The van der Waals surface area contributed by atoms with Gasteiger partial charge in [-0.25, -0.2) is 18.2 Å². The van der Waals surface area contributed by atoms with Gasteiger partial charge in [-0.1, -0.05) is 19.1 Å². The maximum Gasteiger partial charge on any atom is 0.427 e. The maximum absolute atomic E-state index is 15.0. The first-order chi connectivity index (χ1) is 29.1. The molecule has 7 atom stereocenters. The summed E-state index contributed by atoms with van der Waals surface area (Å²) in [7, 11) is -1.21. The number of hydrogen-bond acceptors (Lipinski definition) is 12. The Morgan fingerprint density at radius 3 is 2.47 bits per heavy atom. The SMILES string of the molecule is CCOc1cnc(O[C@@H]2C[C@H]3C(=O)N[C@]4(C(=O)NS(=O)(=O)C5(C)CC5)C[C@H]4/C=C\CC[C@H](C)C[C@@H](COC)[C@H](NC(=O)OC(C)(C)C(F)(F)F)C(=O)N3C2)c2ccc(OC)cc12. The summed E-state index contributed by atoms with van der Waals surface area (Å²) in [6.07, 6.45) is -0.341. The van der Waals surface area contributed by atoms with E-state index in [0.29, 0.717) is 68.4 Å². The number of nitrogens with zero attached hydrogens (tertiary/aromatic N) is 2. The molecule has 3 fully saturated rings. The molecule has 342 valence electrons. The number of fused-ring (bicyclic) bond motifs is 3. The summed E-state index contributed by atoms with van der Waals surface area (Å²) in [5.74, 6) is -2.97. The van der Waals surface area contributed by atoms with E-state index in [9.17, 15) is 36.0 Å². The van der Waals surface area contributed by atoms with E-state index in [4.69, 9.17) is 23.7 Å². The van der Waals surface area contributed by atoms with Crippen molar-refractivity contribution in [3.05, 3.63) is 36.5 Å². The van der Waals surface area contributed by atoms with Gasteiger partial charge in [-0.3, -0.25) is 19.1 Å². The third kappa shape index (κ3) is 9.70. The molecule has 4 amide bonds. The summed E-state index contributed by atoms with van der Waals surface area (Å²) < 4.78 is 97.2. The monoisotopic (exact) mass is 895 g/mol. The third-order valence-electron chi connectivity index (χ3n) is 12.4. The molecule has 0 radical (unpaired) electrons. The van der Waals surface area contributed by atoms with Crippen LogP contribution in [0.15, 0.2) is 36.5 Å². The van der Waals surface area contributed by atoms with Crippen molar-refractivity contribution >= 4 is 44.6 Å². The zero-order chi connectivity index (χ0) is 45.4. The van der Waals surface area contributed by atoms with Gasteiger partial charge in [0.1, 0.15) is 35.2 Å². The zero-order valence-corrected chi connectivity index (χ0v) is 36.7. The molecule has 0 bridgehead atoms. The van der Waals surface area contributed by atoms with E-state index in [-0.39, 0.29) is 44.2 Å². The Labute approximate surface area is 359 Å². The second-order valence-corrected chi connectivity index (χ2v) is 19.7. The molecule has 3 N–H and O–H groups in total. The number of aromatic nitrogens is 1. The fourth-order valence-corrected chi connectivity index (χ4v) is 9.37. The number of carbonyl (C=O) groups is 4. The minimum Gasteiger partial charge on any atom is -0.497 e. The number of rotatable bonds is 12. The van der Waals surface area contributed by atoms with Gasteiger partial charge in [0.2, 0.25) is 33.3 Å². The second kappa shape index (κ2) is 17.7. The second-order valence-electron chi connectivity index (χ2n) is 17.5. The summed E-state index contributed by atoms with van der Waals surface area (Å²) in [6.45, 7) is 6.58. The minimum absolute atomic E-state index is 0.0793. The van der Waals surface area contributed by atoms with Gasteiger partial charge in [0.25, 0.3) is 5.91 Å². The molecule has 4 aliphatic rings. The van der Waals surface area contributed by atoms with Crippen molar-refractivity contribution < 1.29 is 64.5 Å². The van der Waals surface area contributed by atoms with Crippen molar-refractivity contribution in [1.82, 2.24) is 25.2 Å². The predicted octanol–water partition coefficient (Wildman–Crippen LogP) is 4.94. The Morgan fingerprint density at radius 2 is 1.82 bits per heavy atom. The number of sulfonamides is 1. The molecule has 1 aromatic carbocycles. The first-order valence-electron chi connectivity index (χ1n) is 20.8. The van der Waals surface area contributed by atoms with Gasteiger partial charge < -0.3 is 39.2 Å². The zero-order valence-electron chi connectivity index (χ0n) is 35.9. The third-order valence-corrected chi connectivity index (χ3v) is 14.5. The van der Waals surface area contributed by atoms with Crippen molar-refractivity contribution in [2.45, 2.75) is 120 Å². The van der Waals surface area contributed by atoms with Gasteiger partial charge in [0.15, 0.2) is 0 Å². The van der Waals surface area contributed by atoms with Crippen LogP contribution in [0.3, 0.4) is 0 Å². The predicted molar refractivity (Wildman–Crippen MR) is 219 cm³/mol. The topological polar surface area (TPSA) is 201 Å².